The molecule has 0 spiro atoms. The van der Waals surface area contributed by atoms with Crippen LogP contribution in [-0.4, -0.2) is 41.7 Å². The van der Waals surface area contributed by atoms with Crippen molar-refractivity contribution in [2.75, 3.05) is 0 Å². The molecule has 0 aliphatic heterocycles. The summed E-state index contributed by atoms with van der Waals surface area (Å²) < 4.78 is 1.87. The highest BCUT2D eigenvalue weighted by atomic mass is 127. The molecule has 4 rings (SSSR count). The molecule has 134 valence electrons. The van der Waals surface area contributed by atoms with Gasteiger partial charge in [-0.15, -0.1) is 0 Å². The Bertz CT molecular complexity index is 1140. The molecular formula is C17H14BIN5O2P. The number of pyridine rings is 3. The lowest BCUT2D eigenvalue weighted by molar-refractivity contribution is 0.425. The summed E-state index contributed by atoms with van der Waals surface area (Å²) in [6.07, 6.45) is 3.84. The van der Waals surface area contributed by atoms with Crippen molar-refractivity contribution in [2.45, 2.75) is 6.92 Å². The lowest BCUT2D eigenvalue weighted by Crippen LogP contribution is -2.30. The van der Waals surface area contributed by atoms with Gasteiger partial charge < -0.3 is 10.0 Å². The first-order chi connectivity index (χ1) is 13.0. The third kappa shape index (κ3) is 3.73. The zero-order valence-corrected chi connectivity index (χ0v) is 17.4. The molecule has 27 heavy (non-hydrogen) atoms. The Balaban J connectivity index is 1.88. The summed E-state index contributed by atoms with van der Waals surface area (Å²) in [5.74, 6) is 0. The Morgan fingerprint density at radius 2 is 1.93 bits per heavy atom. The molecule has 0 amide bonds. The minimum absolute atomic E-state index is 0.303. The van der Waals surface area contributed by atoms with Crippen molar-refractivity contribution in [2.24, 2.45) is 0 Å². The average molecular weight is 489 g/mol. The second-order valence-electron chi connectivity index (χ2n) is 5.96. The minimum Gasteiger partial charge on any atom is -0.423 e. The van der Waals surface area contributed by atoms with Gasteiger partial charge >= 0.3 is 7.12 Å². The molecule has 0 saturated carbocycles. The number of rotatable bonds is 4. The maximum atomic E-state index is 9.39. The minimum atomic E-state index is -1.58. The maximum Gasteiger partial charge on any atom is 0.490 e. The van der Waals surface area contributed by atoms with E-state index in [-0.39, 0.29) is 0 Å². The second kappa shape index (κ2) is 7.59. The van der Waals surface area contributed by atoms with Gasteiger partial charge in [0.15, 0.2) is 0 Å². The average Bonchev–Trinajstić information content (AvgIpc) is 3.11. The molecule has 0 aliphatic rings. The van der Waals surface area contributed by atoms with E-state index in [4.69, 9.17) is 0 Å². The molecule has 4 aromatic rings. The summed E-state index contributed by atoms with van der Waals surface area (Å²) in [6.45, 7) is 1.95. The summed E-state index contributed by atoms with van der Waals surface area (Å²) in [6, 6.07) is 11.2. The molecule has 7 nitrogen and oxygen atoms in total. The van der Waals surface area contributed by atoms with Gasteiger partial charge in [0.25, 0.3) is 0 Å². The molecule has 1 atom stereocenters. The highest BCUT2D eigenvalue weighted by molar-refractivity contribution is 14.2. The lowest BCUT2D eigenvalue weighted by atomic mass is 9.81. The van der Waals surface area contributed by atoms with Crippen LogP contribution in [0.2, 0.25) is 0 Å². The van der Waals surface area contributed by atoms with E-state index in [1.165, 1.54) is 6.20 Å². The largest absolute Gasteiger partial charge is 0.490 e. The predicted molar refractivity (Wildman–Crippen MR) is 116 cm³/mol. The second-order valence-corrected chi connectivity index (χ2v) is 8.04. The van der Waals surface area contributed by atoms with E-state index < -0.39 is 7.12 Å². The van der Waals surface area contributed by atoms with E-state index >= 15 is 0 Å². The van der Waals surface area contributed by atoms with E-state index in [1.54, 1.807) is 6.07 Å². The van der Waals surface area contributed by atoms with Crippen molar-refractivity contribution in [3.05, 3.63) is 54.5 Å². The fourth-order valence-electron chi connectivity index (χ4n) is 2.78. The molecule has 0 radical (unpaired) electrons. The highest BCUT2D eigenvalue weighted by Crippen LogP contribution is 2.34. The topological polar surface area (TPSA) is 97.0 Å². The standard InChI is InChI=1S/C17H14BIN5O2P/c1-10-3-2-4-15(21-10)17-12(9-24(23-17)27-19)13-5-6-14-16(22-13)7-11(8-20-14)18(25)26/h2-9,25-27H,1H3. The van der Waals surface area contributed by atoms with Crippen LogP contribution in [0.3, 0.4) is 0 Å². The highest BCUT2D eigenvalue weighted by Gasteiger charge is 2.17. The van der Waals surface area contributed by atoms with Crippen LogP contribution in [0.1, 0.15) is 5.69 Å². The fraction of sp³-hybridized carbons (Fsp3) is 0.0588. The number of hydrogen-bond acceptors (Lipinski definition) is 6. The Morgan fingerprint density at radius 3 is 2.67 bits per heavy atom. The summed E-state index contributed by atoms with van der Waals surface area (Å²) in [5, 5.41) is 23.4. The van der Waals surface area contributed by atoms with Gasteiger partial charge in [-0.2, -0.15) is 5.10 Å². The van der Waals surface area contributed by atoms with Gasteiger partial charge in [0.1, 0.15) is 5.69 Å². The smallest absolute Gasteiger partial charge is 0.423 e. The normalized spacial score (nSPS) is 11.6. The van der Waals surface area contributed by atoms with Gasteiger partial charge in [0.05, 0.1) is 28.8 Å². The van der Waals surface area contributed by atoms with Crippen LogP contribution in [0.25, 0.3) is 33.7 Å². The van der Waals surface area contributed by atoms with Gasteiger partial charge in [-0.25, -0.2) is 9.44 Å². The van der Waals surface area contributed by atoms with Crippen molar-refractivity contribution in [1.29, 1.82) is 0 Å². The maximum absolute atomic E-state index is 9.39. The molecule has 0 aromatic carbocycles. The van der Waals surface area contributed by atoms with Gasteiger partial charge in [0.2, 0.25) is 0 Å². The van der Waals surface area contributed by atoms with Crippen molar-refractivity contribution in [3.63, 3.8) is 0 Å². The third-order valence-electron chi connectivity index (χ3n) is 4.06. The molecule has 2 N–H and O–H groups in total. The SMILES string of the molecule is Cc1cccc(-c2nn(PI)cc2-c2ccc3ncc(B(O)O)cc3n2)n1. The Labute approximate surface area is 170 Å². The van der Waals surface area contributed by atoms with Crippen molar-refractivity contribution >= 4 is 52.0 Å². The summed E-state index contributed by atoms with van der Waals surface area (Å²) in [4.78, 5) is 13.5. The number of nitrogens with zero attached hydrogens (tertiary/aromatic N) is 5. The number of aromatic nitrogens is 5. The molecule has 1 unspecified atom stereocenters. The lowest BCUT2D eigenvalue weighted by Gasteiger charge is -2.05. The van der Waals surface area contributed by atoms with Crippen LogP contribution in [0.5, 0.6) is 0 Å². The van der Waals surface area contributed by atoms with E-state index in [2.05, 4.69) is 42.1 Å². The molecule has 10 heteroatoms. The first-order valence-electron chi connectivity index (χ1n) is 8.09. The van der Waals surface area contributed by atoms with Gasteiger partial charge in [-0.3, -0.25) is 9.97 Å². The van der Waals surface area contributed by atoms with E-state index in [1.807, 2.05) is 47.9 Å². The predicted octanol–water partition coefficient (Wildman–Crippen LogP) is 2.34. The van der Waals surface area contributed by atoms with Crippen LogP contribution in [0.15, 0.2) is 48.8 Å². The zero-order chi connectivity index (χ0) is 19.0. The van der Waals surface area contributed by atoms with Gasteiger partial charge in [0, 0.05) is 29.1 Å². The van der Waals surface area contributed by atoms with Gasteiger partial charge in [-0.05, 0) is 59.3 Å². The zero-order valence-electron chi connectivity index (χ0n) is 14.2. The number of fused-ring (bicyclic) bond motifs is 1. The molecule has 0 saturated heterocycles. The van der Waals surface area contributed by atoms with Crippen LogP contribution >= 0.6 is 28.4 Å². The fourth-order valence-corrected chi connectivity index (χ4v) is 3.84. The Morgan fingerprint density at radius 1 is 1.07 bits per heavy atom. The van der Waals surface area contributed by atoms with E-state index in [0.717, 1.165) is 28.3 Å². The number of aryl methyl sites for hydroxylation is 1. The third-order valence-corrected chi connectivity index (χ3v) is 5.95. The number of hydrogen-bond donors (Lipinski definition) is 2. The first kappa shape index (κ1) is 18.4. The Hall–Kier alpha value is -1.94. The Kier molecular flexibility index (Phi) is 5.18. The van der Waals surface area contributed by atoms with Crippen molar-refractivity contribution in [1.82, 2.24) is 24.5 Å². The summed E-state index contributed by atoms with van der Waals surface area (Å²) in [7, 11) is -1.58. The quantitative estimate of drug-likeness (QED) is 0.260. The summed E-state index contributed by atoms with van der Waals surface area (Å²) in [5.41, 5.74) is 5.65. The molecule has 0 fully saturated rings. The molecule has 0 bridgehead atoms. The van der Waals surface area contributed by atoms with Crippen molar-refractivity contribution < 1.29 is 10.0 Å². The van der Waals surface area contributed by atoms with Crippen LogP contribution in [0.4, 0.5) is 0 Å². The molecular weight excluding hydrogens is 475 g/mol. The van der Waals surface area contributed by atoms with E-state index in [9.17, 15) is 10.0 Å². The van der Waals surface area contributed by atoms with Crippen LogP contribution in [0, 0.1) is 6.92 Å². The molecule has 0 aliphatic carbocycles. The van der Waals surface area contributed by atoms with Gasteiger partial charge in [-0.1, -0.05) is 6.07 Å². The van der Waals surface area contributed by atoms with Crippen molar-refractivity contribution in [3.8, 4) is 22.6 Å². The summed E-state index contributed by atoms with van der Waals surface area (Å²) >= 11 is 2.28. The molecule has 4 aromatic heterocycles. The van der Waals surface area contributed by atoms with Crippen LogP contribution in [-0.2, 0) is 0 Å². The van der Waals surface area contributed by atoms with Crippen LogP contribution < -0.4 is 5.46 Å². The first-order valence-corrected chi connectivity index (χ1v) is 12.1. The van der Waals surface area contributed by atoms with E-state index in [0.29, 0.717) is 22.9 Å². The molecule has 4 heterocycles. The monoisotopic (exact) mass is 489 g/mol. The number of halogens is 1.